The van der Waals surface area contributed by atoms with Crippen molar-refractivity contribution in [2.24, 2.45) is 0 Å². The number of carbonyl (C=O) groups is 1. The number of aromatic carboxylic acids is 1. The Hall–Kier alpha value is -2.74. The van der Waals surface area contributed by atoms with Gasteiger partial charge in [-0.3, -0.25) is 4.72 Å². The molecule has 3 aromatic rings. The first-order valence-corrected chi connectivity index (χ1v) is 10.1. The minimum Gasteiger partial charge on any atom is -0.478 e. The van der Waals surface area contributed by atoms with E-state index in [2.05, 4.69) is 4.72 Å². The Morgan fingerprint density at radius 2 is 1.68 bits per heavy atom. The summed E-state index contributed by atoms with van der Waals surface area (Å²) in [5.41, 5.74) is 0.0228. The maximum absolute atomic E-state index is 12.7. The van der Waals surface area contributed by atoms with Crippen molar-refractivity contribution in [3.05, 3.63) is 82.3 Å². The fraction of sp³-hybridized carbons (Fsp3) is 0. The van der Waals surface area contributed by atoms with Crippen molar-refractivity contribution < 1.29 is 23.1 Å². The molecule has 3 aromatic carbocycles. The second-order valence-corrected chi connectivity index (χ2v) is 8.14. The molecule has 0 saturated carbocycles. The Morgan fingerprint density at radius 3 is 2.39 bits per heavy atom. The lowest BCUT2D eigenvalue weighted by atomic mass is 10.2. The first-order chi connectivity index (χ1) is 13.3. The van der Waals surface area contributed by atoms with Crippen LogP contribution in [0.2, 0.25) is 10.0 Å². The van der Waals surface area contributed by atoms with Crippen LogP contribution < -0.4 is 9.46 Å². The largest absolute Gasteiger partial charge is 0.478 e. The van der Waals surface area contributed by atoms with Gasteiger partial charge >= 0.3 is 5.97 Å². The number of benzene rings is 3. The Labute approximate surface area is 171 Å². The summed E-state index contributed by atoms with van der Waals surface area (Å²) in [6.07, 6.45) is 0. The third-order valence-corrected chi connectivity index (χ3v) is 5.53. The summed E-state index contributed by atoms with van der Waals surface area (Å²) < 4.78 is 33.5. The van der Waals surface area contributed by atoms with Crippen LogP contribution in [0.5, 0.6) is 11.5 Å². The number of hydrogen-bond acceptors (Lipinski definition) is 4. The van der Waals surface area contributed by atoms with E-state index in [1.807, 2.05) is 0 Å². The molecule has 2 N–H and O–H groups in total. The molecule has 3 rings (SSSR count). The molecule has 0 aliphatic heterocycles. The maximum Gasteiger partial charge on any atom is 0.335 e. The lowest BCUT2D eigenvalue weighted by Gasteiger charge is -2.14. The van der Waals surface area contributed by atoms with Crippen molar-refractivity contribution in [3.8, 4) is 11.5 Å². The molecular weight excluding hydrogens is 425 g/mol. The van der Waals surface area contributed by atoms with Crippen LogP contribution in [0.25, 0.3) is 0 Å². The topological polar surface area (TPSA) is 92.7 Å². The zero-order chi connectivity index (χ0) is 20.3. The van der Waals surface area contributed by atoms with E-state index < -0.39 is 16.0 Å². The fourth-order valence-corrected chi connectivity index (χ4v) is 3.88. The quantitative estimate of drug-likeness (QED) is 0.546. The van der Waals surface area contributed by atoms with Crippen molar-refractivity contribution in [2.75, 3.05) is 4.72 Å². The molecular formula is C19H13Cl2NO5S. The molecule has 9 heteroatoms. The van der Waals surface area contributed by atoms with Gasteiger partial charge in [0.1, 0.15) is 5.75 Å². The van der Waals surface area contributed by atoms with Crippen molar-refractivity contribution in [1.82, 2.24) is 0 Å². The van der Waals surface area contributed by atoms with Crippen molar-refractivity contribution in [1.29, 1.82) is 0 Å². The number of hydrogen-bond donors (Lipinski definition) is 2. The normalized spacial score (nSPS) is 11.1. The molecule has 0 amide bonds. The van der Waals surface area contributed by atoms with Gasteiger partial charge < -0.3 is 9.84 Å². The van der Waals surface area contributed by atoms with Crippen LogP contribution in [0.1, 0.15) is 10.4 Å². The molecule has 6 nitrogen and oxygen atoms in total. The molecule has 28 heavy (non-hydrogen) atoms. The zero-order valence-electron chi connectivity index (χ0n) is 14.1. The van der Waals surface area contributed by atoms with Crippen molar-refractivity contribution in [3.63, 3.8) is 0 Å². The second-order valence-electron chi connectivity index (χ2n) is 5.61. The number of anilines is 1. The highest BCUT2D eigenvalue weighted by atomic mass is 35.5. The van der Waals surface area contributed by atoms with Gasteiger partial charge in [-0.15, -0.1) is 0 Å². The lowest BCUT2D eigenvalue weighted by Crippen LogP contribution is -2.14. The smallest absolute Gasteiger partial charge is 0.335 e. The summed E-state index contributed by atoms with van der Waals surface area (Å²) >= 11 is 12.0. The number of carboxylic acids is 1. The van der Waals surface area contributed by atoms with E-state index in [9.17, 15) is 13.2 Å². The molecule has 0 radical (unpaired) electrons. The van der Waals surface area contributed by atoms with Crippen molar-refractivity contribution in [2.45, 2.75) is 4.90 Å². The summed E-state index contributed by atoms with van der Waals surface area (Å²) in [5.74, 6) is -0.714. The van der Waals surface area contributed by atoms with Gasteiger partial charge in [-0.05, 0) is 48.5 Å². The summed E-state index contributed by atoms with van der Waals surface area (Å²) in [7, 11) is -4.05. The highest BCUT2D eigenvalue weighted by molar-refractivity contribution is 7.92. The Kier molecular flexibility index (Phi) is 5.79. The SMILES string of the molecule is O=C(O)c1cccc(S(=O)(=O)Nc2ccccc2Oc2ccc(Cl)cc2Cl)c1. The fourth-order valence-electron chi connectivity index (χ4n) is 2.32. The van der Waals surface area contributed by atoms with Gasteiger partial charge in [0.05, 0.1) is 21.2 Å². The van der Waals surface area contributed by atoms with Crippen LogP contribution >= 0.6 is 23.2 Å². The molecule has 0 fully saturated rings. The van der Waals surface area contributed by atoms with Crippen LogP contribution in [0.4, 0.5) is 5.69 Å². The van der Waals surface area contributed by atoms with Crippen LogP contribution in [0.3, 0.4) is 0 Å². The molecule has 0 aromatic heterocycles. The molecule has 0 unspecified atom stereocenters. The number of rotatable bonds is 6. The molecule has 0 saturated heterocycles. The second kappa shape index (κ2) is 8.10. The number of carboxylic acid groups (broad SMARTS) is 1. The first-order valence-electron chi connectivity index (χ1n) is 7.84. The number of nitrogens with one attached hydrogen (secondary N) is 1. The van der Waals surface area contributed by atoms with Crippen LogP contribution in [-0.4, -0.2) is 19.5 Å². The van der Waals surface area contributed by atoms with E-state index in [-0.39, 0.29) is 26.9 Å². The van der Waals surface area contributed by atoms with E-state index in [4.69, 9.17) is 33.0 Å². The predicted octanol–water partition coefficient (Wildman–Crippen LogP) is 5.28. The molecule has 0 aliphatic rings. The van der Waals surface area contributed by atoms with Gasteiger partial charge in [0.25, 0.3) is 10.0 Å². The van der Waals surface area contributed by atoms with E-state index in [1.165, 1.54) is 30.3 Å². The van der Waals surface area contributed by atoms with Crippen LogP contribution in [-0.2, 0) is 10.0 Å². The minimum atomic E-state index is -4.05. The van der Waals surface area contributed by atoms with Crippen molar-refractivity contribution >= 4 is 44.9 Å². The van der Waals surface area contributed by atoms with Crippen LogP contribution in [0, 0.1) is 0 Å². The molecule has 0 spiro atoms. The standard InChI is InChI=1S/C19H13Cl2NO5S/c20-13-8-9-17(15(21)11-13)27-18-7-2-1-6-16(18)22-28(25,26)14-5-3-4-12(10-14)19(23)24/h1-11,22H,(H,23,24). The Bertz CT molecular complexity index is 1150. The molecule has 0 aliphatic carbocycles. The summed E-state index contributed by atoms with van der Waals surface area (Å²) in [6, 6.07) is 16.1. The van der Waals surface area contributed by atoms with Gasteiger partial charge in [-0.25, -0.2) is 13.2 Å². The average Bonchev–Trinajstić information content (AvgIpc) is 2.65. The predicted molar refractivity (Wildman–Crippen MR) is 107 cm³/mol. The van der Waals surface area contributed by atoms with Gasteiger partial charge in [0, 0.05) is 5.02 Å². The molecule has 0 atom stereocenters. The summed E-state index contributed by atoms with van der Waals surface area (Å²) in [4.78, 5) is 10.9. The molecule has 0 bridgehead atoms. The third kappa shape index (κ3) is 4.56. The van der Waals surface area contributed by atoms with Gasteiger partial charge in [0.15, 0.2) is 5.75 Å². The van der Waals surface area contributed by atoms with Gasteiger partial charge in [0.2, 0.25) is 0 Å². The van der Waals surface area contributed by atoms with E-state index in [0.29, 0.717) is 10.8 Å². The molecule has 144 valence electrons. The minimum absolute atomic E-state index is 0.139. The number of ether oxygens (including phenoxy) is 1. The first kappa shape index (κ1) is 20.0. The molecule has 0 heterocycles. The van der Waals surface area contributed by atoms with E-state index in [0.717, 1.165) is 6.07 Å². The maximum atomic E-state index is 12.7. The average molecular weight is 438 g/mol. The number of para-hydroxylation sites is 2. The highest BCUT2D eigenvalue weighted by Gasteiger charge is 2.19. The van der Waals surface area contributed by atoms with Crippen LogP contribution in [0.15, 0.2) is 71.6 Å². The Morgan fingerprint density at radius 1 is 0.929 bits per heavy atom. The van der Waals surface area contributed by atoms with E-state index in [1.54, 1.807) is 30.3 Å². The van der Waals surface area contributed by atoms with E-state index >= 15 is 0 Å². The monoisotopic (exact) mass is 437 g/mol. The zero-order valence-corrected chi connectivity index (χ0v) is 16.4. The Balaban J connectivity index is 1.92. The summed E-state index contributed by atoms with van der Waals surface area (Å²) in [6.45, 7) is 0. The highest BCUT2D eigenvalue weighted by Crippen LogP contribution is 2.35. The van der Waals surface area contributed by atoms with Gasteiger partial charge in [-0.1, -0.05) is 41.4 Å². The third-order valence-electron chi connectivity index (χ3n) is 3.64. The van der Waals surface area contributed by atoms with Gasteiger partial charge in [-0.2, -0.15) is 0 Å². The number of sulfonamides is 1. The lowest BCUT2D eigenvalue weighted by molar-refractivity contribution is 0.0696. The number of halogens is 2. The summed E-state index contributed by atoms with van der Waals surface area (Å²) in [5, 5.41) is 9.76.